The zero-order valence-electron chi connectivity index (χ0n) is 19.2. The quantitative estimate of drug-likeness (QED) is 0.680. The van der Waals surface area contributed by atoms with Gasteiger partial charge in [0.2, 0.25) is 15.9 Å². The summed E-state index contributed by atoms with van der Waals surface area (Å²) in [6.45, 7) is 11.4. The molecule has 1 aromatic carbocycles. The Morgan fingerprint density at radius 1 is 1.06 bits per heavy atom. The van der Waals surface area contributed by atoms with E-state index in [-0.39, 0.29) is 24.4 Å². The van der Waals surface area contributed by atoms with Crippen molar-refractivity contribution in [1.29, 1.82) is 0 Å². The van der Waals surface area contributed by atoms with Gasteiger partial charge >= 0.3 is 0 Å². The van der Waals surface area contributed by atoms with E-state index in [0.717, 1.165) is 22.3 Å². The molecule has 0 aliphatic carbocycles. The molecule has 168 valence electrons. The van der Waals surface area contributed by atoms with Gasteiger partial charge in [0.05, 0.1) is 11.1 Å². The first-order chi connectivity index (χ1) is 14.4. The van der Waals surface area contributed by atoms with Crippen LogP contribution in [0.4, 0.5) is 0 Å². The zero-order valence-corrected chi connectivity index (χ0v) is 20.0. The van der Waals surface area contributed by atoms with Gasteiger partial charge in [-0.05, 0) is 42.0 Å². The summed E-state index contributed by atoms with van der Waals surface area (Å²) in [6.07, 6.45) is 6.75. The molecule has 0 N–H and O–H groups in total. The number of aromatic nitrogens is 2. The Morgan fingerprint density at radius 3 is 2.13 bits per heavy atom. The van der Waals surface area contributed by atoms with Crippen LogP contribution in [-0.4, -0.2) is 59.5 Å². The topological polar surface area (TPSA) is 75.5 Å². The van der Waals surface area contributed by atoms with Crippen molar-refractivity contribution < 1.29 is 13.2 Å². The third kappa shape index (κ3) is 5.07. The van der Waals surface area contributed by atoms with Crippen LogP contribution in [0, 0.1) is 13.8 Å². The fourth-order valence-corrected chi connectivity index (χ4v) is 5.70. The number of amides is 1. The summed E-state index contributed by atoms with van der Waals surface area (Å²) in [6, 6.07) is 3.95. The van der Waals surface area contributed by atoms with Crippen molar-refractivity contribution in [3.8, 4) is 0 Å². The fourth-order valence-electron chi connectivity index (χ4n) is 3.87. The molecule has 0 spiro atoms. The number of benzene rings is 1. The molecule has 0 saturated carbocycles. The number of aryl methyl sites for hydroxylation is 3. The molecule has 1 amide bonds. The average molecular weight is 445 g/mol. The van der Waals surface area contributed by atoms with Crippen molar-refractivity contribution in [3.05, 3.63) is 52.9 Å². The van der Waals surface area contributed by atoms with Crippen LogP contribution in [0.2, 0.25) is 0 Å². The maximum Gasteiger partial charge on any atom is 0.246 e. The van der Waals surface area contributed by atoms with E-state index in [0.29, 0.717) is 18.0 Å². The first-order valence-corrected chi connectivity index (χ1v) is 11.9. The maximum atomic E-state index is 13.4. The summed E-state index contributed by atoms with van der Waals surface area (Å²) >= 11 is 0. The highest BCUT2D eigenvalue weighted by molar-refractivity contribution is 7.89. The monoisotopic (exact) mass is 444 g/mol. The normalized spacial score (nSPS) is 16.3. The number of sulfonamides is 1. The van der Waals surface area contributed by atoms with Crippen LogP contribution in [-0.2, 0) is 27.3 Å². The van der Waals surface area contributed by atoms with Gasteiger partial charge in [-0.25, -0.2) is 8.42 Å². The van der Waals surface area contributed by atoms with Crippen LogP contribution < -0.4 is 0 Å². The minimum absolute atomic E-state index is 0.0485. The molecule has 0 unspecified atom stereocenters. The summed E-state index contributed by atoms with van der Waals surface area (Å²) in [7, 11) is -1.80. The zero-order chi connectivity index (χ0) is 23.0. The smallest absolute Gasteiger partial charge is 0.246 e. The van der Waals surface area contributed by atoms with Gasteiger partial charge in [-0.15, -0.1) is 0 Å². The molecule has 1 aliphatic rings. The van der Waals surface area contributed by atoms with E-state index in [1.54, 1.807) is 21.9 Å². The number of rotatable bonds is 4. The van der Waals surface area contributed by atoms with E-state index in [1.165, 1.54) is 10.4 Å². The predicted octanol–water partition coefficient (Wildman–Crippen LogP) is 2.88. The Balaban J connectivity index is 1.71. The molecule has 7 nitrogen and oxygen atoms in total. The highest BCUT2D eigenvalue weighted by Crippen LogP contribution is 2.31. The van der Waals surface area contributed by atoms with Crippen molar-refractivity contribution >= 4 is 22.0 Å². The maximum absolute atomic E-state index is 13.4. The van der Waals surface area contributed by atoms with Crippen LogP contribution in [0.1, 0.15) is 43.0 Å². The van der Waals surface area contributed by atoms with Gasteiger partial charge in [-0.2, -0.15) is 9.40 Å². The number of piperazine rings is 1. The first-order valence-electron chi connectivity index (χ1n) is 10.5. The summed E-state index contributed by atoms with van der Waals surface area (Å²) in [4.78, 5) is 14.6. The second-order valence-corrected chi connectivity index (χ2v) is 11.1. The van der Waals surface area contributed by atoms with Crippen molar-refractivity contribution in [3.63, 3.8) is 0 Å². The van der Waals surface area contributed by atoms with Gasteiger partial charge in [0.1, 0.15) is 0 Å². The van der Waals surface area contributed by atoms with Crippen LogP contribution in [0.3, 0.4) is 0 Å². The Hall–Kier alpha value is -2.45. The van der Waals surface area contributed by atoms with Crippen molar-refractivity contribution in [2.45, 2.75) is 44.9 Å². The third-order valence-electron chi connectivity index (χ3n) is 5.62. The predicted molar refractivity (Wildman–Crippen MR) is 122 cm³/mol. The van der Waals surface area contributed by atoms with Crippen molar-refractivity contribution in [2.24, 2.45) is 7.05 Å². The third-order valence-corrected chi connectivity index (χ3v) is 7.82. The van der Waals surface area contributed by atoms with E-state index in [2.05, 4.69) is 25.9 Å². The minimum atomic E-state index is -3.62. The van der Waals surface area contributed by atoms with Crippen molar-refractivity contribution in [2.75, 3.05) is 26.2 Å². The van der Waals surface area contributed by atoms with E-state index in [1.807, 2.05) is 39.2 Å². The molecule has 1 saturated heterocycles. The molecular formula is C23H32N4O3S. The van der Waals surface area contributed by atoms with Crippen molar-refractivity contribution in [1.82, 2.24) is 19.0 Å². The lowest BCUT2D eigenvalue weighted by Gasteiger charge is -2.34. The van der Waals surface area contributed by atoms with E-state index in [4.69, 9.17) is 0 Å². The highest BCUT2D eigenvalue weighted by Gasteiger charge is 2.32. The largest absolute Gasteiger partial charge is 0.337 e. The summed E-state index contributed by atoms with van der Waals surface area (Å²) < 4.78 is 29.9. The molecule has 3 rings (SSSR count). The lowest BCUT2D eigenvalue weighted by atomic mass is 9.85. The molecule has 0 radical (unpaired) electrons. The molecule has 8 heteroatoms. The van der Waals surface area contributed by atoms with Gasteiger partial charge in [-0.1, -0.05) is 32.9 Å². The van der Waals surface area contributed by atoms with Gasteiger partial charge < -0.3 is 4.90 Å². The molecule has 0 bridgehead atoms. The van der Waals surface area contributed by atoms with E-state index < -0.39 is 10.0 Å². The second-order valence-electron chi connectivity index (χ2n) is 9.20. The van der Waals surface area contributed by atoms with Crippen LogP contribution >= 0.6 is 0 Å². The molecular weight excluding hydrogens is 412 g/mol. The Kier molecular flexibility index (Phi) is 6.43. The average Bonchev–Trinajstić information content (AvgIpc) is 3.10. The van der Waals surface area contributed by atoms with Gasteiger partial charge in [-0.3, -0.25) is 9.48 Å². The molecule has 1 aliphatic heterocycles. The van der Waals surface area contributed by atoms with Gasteiger partial charge in [0.25, 0.3) is 0 Å². The second kappa shape index (κ2) is 8.59. The molecule has 0 atom stereocenters. The lowest BCUT2D eigenvalue weighted by molar-refractivity contribution is -0.127. The number of carbonyl (C=O) groups excluding carboxylic acids is 1. The van der Waals surface area contributed by atoms with Crippen LogP contribution in [0.25, 0.3) is 6.08 Å². The Bertz CT molecular complexity index is 1080. The number of carbonyl (C=O) groups is 1. The molecule has 1 aromatic heterocycles. The molecule has 31 heavy (non-hydrogen) atoms. The van der Waals surface area contributed by atoms with E-state index >= 15 is 0 Å². The first kappa shape index (κ1) is 23.2. The number of hydrogen-bond donors (Lipinski definition) is 0. The summed E-state index contributed by atoms with van der Waals surface area (Å²) in [5, 5.41) is 4.07. The van der Waals surface area contributed by atoms with Gasteiger partial charge in [0.15, 0.2) is 0 Å². The highest BCUT2D eigenvalue weighted by atomic mass is 32.2. The molecule has 2 heterocycles. The fraction of sp³-hybridized carbons (Fsp3) is 0.478. The molecule has 2 aromatic rings. The minimum Gasteiger partial charge on any atom is -0.337 e. The van der Waals surface area contributed by atoms with E-state index in [9.17, 15) is 13.2 Å². The van der Waals surface area contributed by atoms with Gasteiger partial charge in [0, 0.05) is 51.1 Å². The Morgan fingerprint density at radius 2 is 1.65 bits per heavy atom. The number of nitrogens with zero attached hydrogens (tertiary/aromatic N) is 4. The standard InChI is InChI=1S/C23H32N4O3S/c1-17-13-20(23(3,4)5)14-18(2)22(17)31(29,30)27-11-9-26(10-12-27)21(28)8-7-19-15-24-25(6)16-19/h7-8,13-16H,9-12H2,1-6H3/b8-7+. The van der Waals surface area contributed by atoms with Crippen LogP contribution in [0.15, 0.2) is 35.5 Å². The SMILES string of the molecule is Cc1cc(C(C)(C)C)cc(C)c1S(=O)(=O)N1CCN(C(=O)/C=C/c2cnn(C)c2)CC1. The lowest BCUT2D eigenvalue weighted by Crippen LogP contribution is -2.50. The summed E-state index contributed by atoms with van der Waals surface area (Å²) in [5.41, 5.74) is 3.46. The molecule has 1 fully saturated rings. The Labute approximate surface area is 185 Å². The summed E-state index contributed by atoms with van der Waals surface area (Å²) in [5.74, 6) is -0.122. The number of hydrogen-bond acceptors (Lipinski definition) is 4. The van der Waals surface area contributed by atoms with Crippen LogP contribution in [0.5, 0.6) is 0 Å².